The zero-order valence-electron chi connectivity index (χ0n) is 11.9. The molecule has 0 unspecified atom stereocenters. The van der Waals surface area contributed by atoms with E-state index in [1.807, 2.05) is 0 Å². The van der Waals surface area contributed by atoms with Gasteiger partial charge in [-0.15, -0.1) is 0 Å². The second kappa shape index (κ2) is 6.74. The van der Waals surface area contributed by atoms with Gasteiger partial charge in [0.05, 0.1) is 6.26 Å². The molecular weight excluding hydrogens is 274 g/mol. The number of carbonyl (C=O) groups excluding carboxylic acids is 2. The Morgan fingerprint density at radius 2 is 2.24 bits per heavy atom. The number of rotatable bonds is 6. The van der Waals surface area contributed by atoms with Crippen molar-refractivity contribution in [2.45, 2.75) is 32.7 Å². The summed E-state index contributed by atoms with van der Waals surface area (Å²) >= 11 is 0. The van der Waals surface area contributed by atoms with Crippen molar-refractivity contribution in [2.75, 3.05) is 5.32 Å². The molecule has 2 N–H and O–H groups in total. The number of hydrogen-bond acceptors (Lipinski definition) is 5. The average Bonchev–Trinajstić information content (AvgIpc) is 3.08. The largest absolute Gasteiger partial charge is 0.469 e. The fourth-order valence-corrected chi connectivity index (χ4v) is 1.73. The summed E-state index contributed by atoms with van der Waals surface area (Å²) in [6.45, 7) is 3.33. The van der Waals surface area contributed by atoms with Gasteiger partial charge in [0.15, 0.2) is 5.82 Å². The molecule has 0 aromatic carbocycles. The fourth-order valence-electron chi connectivity index (χ4n) is 1.73. The maximum Gasteiger partial charge on any atom is 0.247 e. The zero-order valence-corrected chi connectivity index (χ0v) is 11.9. The molecule has 0 bridgehead atoms. The van der Waals surface area contributed by atoms with E-state index in [1.54, 1.807) is 38.3 Å². The molecule has 2 aromatic rings. The van der Waals surface area contributed by atoms with Crippen LogP contribution in [0.3, 0.4) is 0 Å². The Kier molecular flexibility index (Phi) is 4.76. The molecule has 0 fully saturated rings. The Bertz CT molecular complexity index is 604. The smallest absolute Gasteiger partial charge is 0.247 e. The van der Waals surface area contributed by atoms with Gasteiger partial charge < -0.3 is 19.6 Å². The third kappa shape index (κ3) is 4.48. The average molecular weight is 291 g/mol. The number of furan rings is 1. The molecule has 112 valence electrons. The monoisotopic (exact) mass is 291 g/mol. The molecule has 2 rings (SSSR count). The lowest BCUT2D eigenvalue weighted by atomic mass is 10.2. The first-order valence-corrected chi connectivity index (χ1v) is 6.60. The van der Waals surface area contributed by atoms with Gasteiger partial charge in [0.1, 0.15) is 17.6 Å². The van der Waals surface area contributed by atoms with Gasteiger partial charge in [0.2, 0.25) is 11.8 Å². The predicted molar refractivity (Wildman–Crippen MR) is 74.5 cm³/mol. The molecule has 0 saturated heterocycles. The molecule has 0 aliphatic rings. The van der Waals surface area contributed by atoms with Crippen molar-refractivity contribution in [1.82, 2.24) is 10.5 Å². The summed E-state index contributed by atoms with van der Waals surface area (Å²) in [6, 6.07) is 4.51. The summed E-state index contributed by atoms with van der Waals surface area (Å²) in [6.07, 6.45) is 2.31. The van der Waals surface area contributed by atoms with Crippen LogP contribution in [0.5, 0.6) is 0 Å². The zero-order chi connectivity index (χ0) is 15.2. The Hall–Kier alpha value is -2.57. The van der Waals surface area contributed by atoms with Crippen LogP contribution < -0.4 is 10.6 Å². The van der Waals surface area contributed by atoms with E-state index in [2.05, 4.69) is 15.8 Å². The second-order valence-corrected chi connectivity index (χ2v) is 4.68. The summed E-state index contributed by atoms with van der Waals surface area (Å²) < 4.78 is 9.98. The minimum atomic E-state index is -0.661. The van der Waals surface area contributed by atoms with Crippen molar-refractivity contribution in [3.63, 3.8) is 0 Å². The maximum absolute atomic E-state index is 11.9. The molecule has 2 heterocycles. The lowest BCUT2D eigenvalue weighted by Gasteiger charge is -2.12. The number of nitrogens with one attached hydrogen (secondary N) is 2. The van der Waals surface area contributed by atoms with Crippen molar-refractivity contribution >= 4 is 17.6 Å². The van der Waals surface area contributed by atoms with E-state index in [0.29, 0.717) is 18.0 Å². The van der Waals surface area contributed by atoms with Gasteiger partial charge in [0.25, 0.3) is 0 Å². The van der Waals surface area contributed by atoms with Crippen molar-refractivity contribution in [3.05, 3.63) is 36.0 Å². The Morgan fingerprint density at radius 3 is 2.86 bits per heavy atom. The quantitative estimate of drug-likeness (QED) is 0.843. The van der Waals surface area contributed by atoms with Crippen LogP contribution in [0, 0.1) is 6.92 Å². The highest BCUT2D eigenvalue weighted by molar-refractivity contribution is 5.96. The first kappa shape index (κ1) is 14.8. The maximum atomic E-state index is 11.9. The fraction of sp³-hybridized carbons (Fsp3) is 0.357. The standard InChI is InChI=1S/C14H17N3O4/c1-9-8-12(17-21-9)16-14(19)10(2)15-13(18)6-5-11-4-3-7-20-11/h3-4,7-8,10H,5-6H2,1-2H3,(H,15,18)(H,16,17,19)/t10-/m1/s1. The molecule has 2 aromatic heterocycles. The van der Waals surface area contributed by atoms with Gasteiger partial charge in [-0.05, 0) is 26.0 Å². The number of anilines is 1. The molecule has 2 amide bonds. The highest BCUT2D eigenvalue weighted by atomic mass is 16.5. The molecule has 0 aliphatic carbocycles. The van der Waals surface area contributed by atoms with Crippen LogP contribution in [0.2, 0.25) is 0 Å². The van der Waals surface area contributed by atoms with Gasteiger partial charge in [-0.1, -0.05) is 5.16 Å². The number of hydrogen-bond donors (Lipinski definition) is 2. The normalized spacial score (nSPS) is 11.9. The van der Waals surface area contributed by atoms with Gasteiger partial charge >= 0.3 is 0 Å². The first-order valence-electron chi connectivity index (χ1n) is 6.60. The Morgan fingerprint density at radius 1 is 1.43 bits per heavy atom. The van der Waals surface area contributed by atoms with Gasteiger partial charge in [-0.3, -0.25) is 9.59 Å². The third-order valence-corrected chi connectivity index (χ3v) is 2.83. The minimum absolute atomic E-state index is 0.217. The number of nitrogens with zero attached hydrogens (tertiary/aromatic N) is 1. The van der Waals surface area contributed by atoms with E-state index in [-0.39, 0.29) is 18.2 Å². The van der Waals surface area contributed by atoms with E-state index < -0.39 is 6.04 Å². The molecule has 0 radical (unpaired) electrons. The first-order chi connectivity index (χ1) is 10.0. The summed E-state index contributed by atoms with van der Waals surface area (Å²) in [7, 11) is 0. The summed E-state index contributed by atoms with van der Waals surface area (Å²) in [4.78, 5) is 23.6. The van der Waals surface area contributed by atoms with Gasteiger partial charge in [0, 0.05) is 18.9 Å². The van der Waals surface area contributed by atoms with E-state index in [1.165, 1.54) is 0 Å². The van der Waals surface area contributed by atoms with E-state index in [9.17, 15) is 9.59 Å². The lowest BCUT2D eigenvalue weighted by molar-refractivity contribution is -0.126. The number of amides is 2. The minimum Gasteiger partial charge on any atom is -0.469 e. The van der Waals surface area contributed by atoms with Gasteiger partial charge in [-0.2, -0.15) is 0 Å². The molecule has 0 spiro atoms. The van der Waals surface area contributed by atoms with Crippen molar-refractivity contribution < 1.29 is 18.5 Å². The summed E-state index contributed by atoms with van der Waals surface area (Å²) in [5.41, 5.74) is 0. The lowest BCUT2D eigenvalue weighted by Crippen LogP contribution is -2.41. The topological polar surface area (TPSA) is 97.4 Å². The van der Waals surface area contributed by atoms with Crippen LogP contribution in [0.25, 0.3) is 0 Å². The van der Waals surface area contributed by atoms with Crippen molar-refractivity contribution in [1.29, 1.82) is 0 Å². The molecule has 1 atom stereocenters. The highest BCUT2D eigenvalue weighted by Crippen LogP contribution is 2.07. The van der Waals surface area contributed by atoms with E-state index in [0.717, 1.165) is 5.76 Å². The van der Waals surface area contributed by atoms with Crippen LogP contribution in [0.4, 0.5) is 5.82 Å². The van der Waals surface area contributed by atoms with Crippen molar-refractivity contribution in [2.24, 2.45) is 0 Å². The Balaban J connectivity index is 1.76. The van der Waals surface area contributed by atoms with Crippen molar-refractivity contribution in [3.8, 4) is 0 Å². The second-order valence-electron chi connectivity index (χ2n) is 4.68. The molecule has 7 nitrogen and oxygen atoms in total. The van der Waals surface area contributed by atoms with Crippen LogP contribution in [-0.4, -0.2) is 23.0 Å². The molecule has 7 heteroatoms. The predicted octanol–water partition coefficient (Wildman–Crippen LogP) is 1.65. The van der Waals surface area contributed by atoms with Crippen LogP contribution in [0.15, 0.2) is 33.4 Å². The van der Waals surface area contributed by atoms with E-state index in [4.69, 9.17) is 8.94 Å². The Labute approximate surface area is 121 Å². The number of aryl methyl sites for hydroxylation is 2. The van der Waals surface area contributed by atoms with Gasteiger partial charge in [-0.25, -0.2) is 0 Å². The number of aromatic nitrogens is 1. The summed E-state index contributed by atoms with van der Waals surface area (Å²) in [5.74, 6) is 1.09. The van der Waals surface area contributed by atoms with Crippen LogP contribution >= 0.6 is 0 Å². The van der Waals surface area contributed by atoms with Crippen LogP contribution in [-0.2, 0) is 16.0 Å². The number of carbonyl (C=O) groups is 2. The van der Waals surface area contributed by atoms with E-state index >= 15 is 0 Å². The summed E-state index contributed by atoms with van der Waals surface area (Å²) in [5, 5.41) is 8.83. The third-order valence-electron chi connectivity index (χ3n) is 2.83. The SMILES string of the molecule is Cc1cc(NC(=O)[C@@H](C)NC(=O)CCc2ccco2)no1. The molecule has 21 heavy (non-hydrogen) atoms. The molecule has 0 saturated carbocycles. The molecular formula is C14H17N3O4. The van der Waals surface area contributed by atoms with Crippen LogP contribution in [0.1, 0.15) is 24.9 Å². The highest BCUT2D eigenvalue weighted by Gasteiger charge is 2.17. The molecule has 0 aliphatic heterocycles.